The van der Waals surface area contributed by atoms with Crippen molar-refractivity contribution >= 4 is 22.5 Å². The fourth-order valence-corrected chi connectivity index (χ4v) is 6.05. The predicted molar refractivity (Wildman–Crippen MR) is 153 cm³/mol. The molecule has 0 spiro atoms. The number of alkyl halides is 1. The van der Waals surface area contributed by atoms with Gasteiger partial charge < -0.3 is 15.8 Å². The van der Waals surface area contributed by atoms with Crippen LogP contribution in [0.1, 0.15) is 61.8 Å². The van der Waals surface area contributed by atoms with Crippen LogP contribution in [-0.2, 0) is 17.6 Å². The molecule has 2 aromatic carbocycles. The third-order valence-corrected chi connectivity index (χ3v) is 7.89. The number of likely N-dealkylation sites (tertiary alicyclic amines) is 1. The Kier molecular flexibility index (Phi) is 7.99. The fourth-order valence-electron chi connectivity index (χ4n) is 6.05. The second-order valence-electron chi connectivity index (χ2n) is 10.7. The molecule has 5 heteroatoms. The first-order valence-electron chi connectivity index (χ1n) is 13.8. The molecule has 2 heterocycles. The van der Waals surface area contributed by atoms with Crippen LogP contribution in [0.2, 0.25) is 0 Å². The molecular formula is C32H40FN3O. The number of aryl methyl sites for hydroxylation is 1. The van der Waals surface area contributed by atoms with E-state index in [4.69, 9.17) is 10.5 Å². The quantitative estimate of drug-likeness (QED) is 0.238. The van der Waals surface area contributed by atoms with E-state index in [1.54, 1.807) is 0 Å². The zero-order chi connectivity index (χ0) is 25.8. The van der Waals surface area contributed by atoms with E-state index in [9.17, 15) is 4.39 Å². The van der Waals surface area contributed by atoms with Gasteiger partial charge in [0.15, 0.2) is 0 Å². The van der Waals surface area contributed by atoms with Crippen molar-refractivity contribution in [3.05, 3.63) is 82.1 Å². The number of fused-ring (bicyclic) bond motifs is 2. The van der Waals surface area contributed by atoms with Gasteiger partial charge >= 0.3 is 0 Å². The summed E-state index contributed by atoms with van der Waals surface area (Å²) in [4.78, 5) is 2.30. The highest BCUT2D eigenvalue weighted by Crippen LogP contribution is 2.41. The Hall–Kier alpha value is -3.05. The smallest absolute Gasteiger partial charge is 0.112 e. The van der Waals surface area contributed by atoms with Gasteiger partial charge in [-0.1, -0.05) is 18.2 Å². The van der Waals surface area contributed by atoms with Crippen LogP contribution in [0.25, 0.3) is 11.1 Å². The van der Waals surface area contributed by atoms with E-state index in [0.717, 1.165) is 69.7 Å². The van der Waals surface area contributed by atoms with E-state index in [0.29, 0.717) is 6.42 Å². The minimum atomic E-state index is -0.249. The van der Waals surface area contributed by atoms with Crippen LogP contribution in [-0.4, -0.2) is 43.9 Å². The highest BCUT2D eigenvalue weighted by Gasteiger charge is 2.24. The van der Waals surface area contributed by atoms with Crippen molar-refractivity contribution in [3.8, 4) is 0 Å². The molecule has 0 unspecified atom stereocenters. The number of nitrogens with two attached hydrogens (primary N) is 1. The molecule has 2 aliphatic heterocycles. The van der Waals surface area contributed by atoms with Crippen molar-refractivity contribution in [2.45, 2.75) is 58.5 Å². The Morgan fingerprint density at radius 2 is 2.00 bits per heavy atom. The van der Waals surface area contributed by atoms with Crippen LogP contribution in [0.15, 0.2) is 59.9 Å². The Morgan fingerprint density at radius 3 is 2.86 bits per heavy atom. The third-order valence-electron chi connectivity index (χ3n) is 7.89. The number of nitrogens with zero attached hydrogens (tertiary/aromatic N) is 1. The van der Waals surface area contributed by atoms with Gasteiger partial charge in [-0.15, -0.1) is 0 Å². The van der Waals surface area contributed by atoms with Gasteiger partial charge in [-0.05, 0) is 122 Å². The number of benzene rings is 2. The molecular weight excluding hydrogens is 461 g/mol. The first kappa shape index (κ1) is 25.6. The third kappa shape index (κ3) is 5.93. The monoisotopic (exact) mass is 501 g/mol. The van der Waals surface area contributed by atoms with Crippen LogP contribution >= 0.6 is 0 Å². The van der Waals surface area contributed by atoms with Crippen LogP contribution in [0.5, 0.6) is 0 Å². The lowest BCUT2D eigenvalue weighted by atomic mass is 9.87. The second-order valence-corrected chi connectivity index (χ2v) is 10.7. The van der Waals surface area contributed by atoms with E-state index in [1.807, 2.05) is 13.0 Å². The number of anilines is 2. The molecule has 0 radical (unpaired) electrons. The molecule has 196 valence electrons. The van der Waals surface area contributed by atoms with Crippen LogP contribution in [0.4, 0.5) is 15.8 Å². The molecule has 1 fully saturated rings. The number of rotatable bonds is 8. The number of halogens is 1. The van der Waals surface area contributed by atoms with Crippen LogP contribution < -0.4 is 11.1 Å². The summed E-state index contributed by atoms with van der Waals surface area (Å²) in [5, 5.41) is 3.49. The summed E-state index contributed by atoms with van der Waals surface area (Å²) < 4.78 is 18.8. The van der Waals surface area contributed by atoms with Gasteiger partial charge in [-0.2, -0.15) is 0 Å². The van der Waals surface area contributed by atoms with Crippen molar-refractivity contribution in [2.24, 2.45) is 0 Å². The lowest BCUT2D eigenvalue weighted by molar-refractivity contribution is 0.121. The molecule has 3 aliphatic rings. The summed E-state index contributed by atoms with van der Waals surface area (Å²) in [5.41, 5.74) is 17.6. The van der Waals surface area contributed by atoms with Gasteiger partial charge in [0.05, 0.1) is 12.4 Å². The normalized spacial score (nSPS) is 20.5. The van der Waals surface area contributed by atoms with Gasteiger partial charge in [0.25, 0.3) is 0 Å². The number of allylic oxidation sites excluding steroid dienone is 6. The summed E-state index contributed by atoms with van der Waals surface area (Å²) >= 11 is 0. The summed E-state index contributed by atoms with van der Waals surface area (Å²) in [5.74, 6) is 0.925. The van der Waals surface area contributed by atoms with Crippen molar-refractivity contribution in [1.82, 2.24) is 4.90 Å². The molecule has 0 bridgehead atoms. The molecule has 1 atom stereocenters. The summed E-state index contributed by atoms with van der Waals surface area (Å²) in [6.07, 6.45) is 10.4. The maximum absolute atomic E-state index is 12.5. The fraction of sp³-hybridized carbons (Fsp3) is 0.438. The van der Waals surface area contributed by atoms with Crippen LogP contribution in [0.3, 0.4) is 0 Å². The van der Waals surface area contributed by atoms with Gasteiger partial charge in [-0.3, -0.25) is 9.29 Å². The van der Waals surface area contributed by atoms with Crippen molar-refractivity contribution in [2.75, 3.05) is 43.9 Å². The van der Waals surface area contributed by atoms with E-state index < -0.39 is 0 Å². The van der Waals surface area contributed by atoms with Crippen LogP contribution in [0, 0.1) is 0 Å². The molecule has 0 amide bonds. The second kappa shape index (κ2) is 11.6. The zero-order valence-corrected chi connectivity index (χ0v) is 22.3. The molecule has 3 N–H and O–H groups in total. The van der Waals surface area contributed by atoms with Gasteiger partial charge in [0.2, 0.25) is 0 Å². The first-order valence-corrected chi connectivity index (χ1v) is 13.8. The Morgan fingerprint density at radius 1 is 1.11 bits per heavy atom. The molecule has 4 nitrogen and oxygen atoms in total. The zero-order valence-electron chi connectivity index (χ0n) is 22.3. The number of ether oxygens (including phenoxy) is 1. The Bertz CT molecular complexity index is 1230. The average molecular weight is 502 g/mol. The van der Waals surface area contributed by atoms with Gasteiger partial charge in [0, 0.05) is 37.6 Å². The number of hydrogen-bond acceptors (Lipinski definition) is 4. The van der Waals surface area contributed by atoms with Gasteiger partial charge in [0.1, 0.15) is 6.10 Å². The number of nitrogen functional groups attached to an aromatic ring is 1. The number of hydrogen-bond donors (Lipinski definition) is 2. The standard InChI is InChI=1S/C32H40FN3O/c1-22(7-8-23(2)37-28-14-18-36(21-28)17-4-15-33)32-29(25-9-12-31-26(19-25)13-16-35-31)6-3-5-24-20-27(34)10-11-30(24)32/h7-12,19-20,28,35H,3-6,13-18,21,34H2,1-2H3/b22-7+,23-8+/t28-/m0/s1. The Labute approximate surface area is 221 Å². The predicted octanol–water partition coefficient (Wildman–Crippen LogP) is 6.78. The highest BCUT2D eigenvalue weighted by molar-refractivity contribution is 6.00. The molecule has 2 aromatic rings. The van der Waals surface area contributed by atoms with Gasteiger partial charge in [-0.25, -0.2) is 0 Å². The molecule has 1 saturated heterocycles. The highest BCUT2D eigenvalue weighted by atomic mass is 19.1. The summed E-state index contributed by atoms with van der Waals surface area (Å²) in [6, 6.07) is 13.3. The Balaban J connectivity index is 1.45. The molecule has 5 rings (SSSR count). The van der Waals surface area contributed by atoms with Crippen molar-refractivity contribution in [1.29, 1.82) is 0 Å². The van der Waals surface area contributed by atoms with E-state index in [2.05, 4.69) is 59.6 Å². The molecule has 0 saturated carbocycles. The minimum absolute atomic E-state index is 0.181. The summed E-state index contributed by atoms with van der Waals surface area (Å²) in [6.45, 7) is 7.71. The molecule has 37 heavy (non-hydrogen) atoms. The van der Waals surface area contributed by atoms with E-state index in [1.165, 1.54) is 44.7 Å². The van der Waals surface area contributed by atoms with E-state index >= 15 is 0 Å². The molecule has 1 aliphatic carbocycles. The van der Waals surface area contributed by atoms with Crippen molar-refractivity contribution in [3.63, 3.8) is 0 Å². The minimum Gasteiger partial charge on any atom is -0.494 e. The van der Waals surface area contributed by atoms with E-state index in [-0.39, 0.29) is 12.8 Å². The average Bonchev–Trinajstić information content (AvgIpc) is 3.50. The largest absolute Gasteiger partial charge is 0.494 e. The maximum Gasteiger partial charge on any atom is 0.112 e. The lowest BCUT2D eigenvalue weighted by Gasteiger charge is -2.18. The number of nitrogens with one attached hydrogen (secondary N) is 1. The van der Waals surface area contributed by atoms with Crippen molar-refractivity contribution < 1.29 is 9.13 Å². The maximum atomic E-state index is 12.5. The SMILES string of the molecule is C/C(=C\C=C(/C)C1=C(c2ccc3c(c2)CCN3)CCCc2cc(N)ccc21)O[C@H]1CCN(CCCF)C1. The lowest BCUT2D eigenvalue weighted by Crippen LogP contribution is -2.24. The summed E-state index contributed by atoms with van der Waals surface area (Å²) in [7, 11) is 0. The first-order chi connectivity index (χ1) is 18.0. The topological polar surface area (TPSA) is 50.5 Å². The molecule has 0 aromatic heterocycles.